The molecule has 1 aromatic carbocycles. The van der Waals surface area contributed by atoms with Crippen LogP contribution in [0.25, 0.3) is 0 Å². The number of ether oxygens (including phenoxy) is 2. The van der Waals surface area contributed by atoms with Crippen molar-refractivity contribution < 1.29 is 24.2 Å². The number of nitrogens with zero attached hydrogens (tertiary/aromatic N) is 2. The second-order valence-corrected chi connectivity index (χ2v) is 9.17. The molecule has 0 aliphatic carbocycles. The zero-order valence-corrected chi connectivity index (χ0v) is 17.8. The Morgan fingerprint density at radius 1 is 1.04 bits per heavy atom. The number of quaternary nitrogens is 1. The fourth-order valence-corrected chi connectivity index (χ4v) is 3.27. The maximum Gasteiger partial charge on any atom is 0.522 e. The molecule has 0 saturated carbocycles. The Bertz CT molecular complexity index is 687. The third-order valence-electron chi connectivity index (χ3n) is 4.53. The molecule has 1 atom stereocenters. The summed E-state index contributed by atoms with van der Waals surface area (Å²) in [6, 6.07) is 9.07. The van der Waals surface area contributed by atoms with Crippen molar-refractivity contribution in [2.24, 2.45) is 0 Å². The second-order valence-electron chi connectivity index (χ2n) is 9.17. The molecule has 156 valence electrons. The molecule has 0 radical (unpaired) electrons. The number of amides is 2. The van der Waals surface area contributed by atoms with Crippen LogP contribution >= 0.6 is 0 Å². The molecule has 1 unspecified atom stereocenters. The predicted molar refractivity (Wildman–Crippen MR) is 108 cm³/mol. The SMILES string of the molecule is CC(C)(C)OC(=O)N1CC([N+](CCO)(C(=O)OC(C)(C)C)c2ccccc2)C1. The normalized spacial score (nSPS) is 17.5. The third kappa shape index (κ3) is 5.02. The van der Waals surface area contributed by atoms with Gasteiger partial charge in [-0.25, -0.2) is 4.79 Å². The summed E-state index contributed by atoms with van der Waals surface area (Å²) in [5, 5.41) is 9.78. The minimum absolute atomic E-state index is 0.159. The first-order valence-electron chi connectivity index (χ1n) is 9.65. The molecule has 1 aromatic rings. The van der Waals surface area contributed by atoms with Crippen LogP contribution in [0.5, 0.6) is 0 Å². The van der Waals surface area contributed by atoms with Crippen molar-refractivity contribution in [1.29, 1.82) is 0 Å². The summed E-state index contributed by atoms with van der Waals surface area (Å²) in [5.41, 5.74) is -0.511. The number of hydrogen-bond acceptors (Lipinski definition) is 5. The van der Waals surface area contributed by atoms with Gasteiger partial charge in [-0.15, -0.1) is 0 Å². The number of carbonyl (C=O) groups excluding carboxylic acids is 2. The van der Waals surface area contributed by atoms with Crippen LogP contribution in [0, 0.1) is 0 Å². The lowest BCUT2D eigenvalue weighted by Crippen LogP contribution is -2.74. The molecular formula is C21H33N2O5+. The van der Waals surface area contributed by atoms with E-state index >= 15 is 0 Å². The van der Waals surface area contributed by atoms with Gasteiger partial charge in [0.1, 0.15) is 29.5 Å². The number of rotatable bonds is 4. The molecule has 0 bridgehead atoms. The summed E-state index contributed by atoms with van der Waals surface area (Å²) in [7, 11) is 0. The fraction of sp³-hybridized carbons (Fsp3) is 0.619. The van der Waals surface area contributed by atoms with Gasteiger partial charge >= 0.3 is 12.2 Å². The van der Waals surface area contributed by atoms with Crippen LogP contribution in [0.3, 0.4) is 0 Å². The minimum atomic E-state index is -0.667. The third-order valence-corrected chi connectivity index (χ3v) is 4.53. The highest BCUT2D eigenvalue weighted by molar-refractivity contribution is 5.84. The minimum Gasteiger partial charge on any atom is -0.444 e. The van der Waals surface area contributed by atoms with Gasteiger partial charge in [-0.05, 0) is 53.7 Å². The van der Waals surface area contributed by atoms with Crippen molar-refractivity contribution >= 4 is 17.9 Å². The smallest absolute Gasteiger partial charge is 0.444 e. The van der Waals surface area contributed by atoms with Gasteiger partial charge in [-0.3, -0.25) is 4.90 Å². The number of para-hydroxylation sites is 1. The van der Waals surface area contributed by atoms with Crippen molar-refractivity contribution in [3.05, 3.63) is 30.3 Å². The number of likely N-dealkylation sites (tertiary alicyclic amines) is 1. The van der Waals surface area contributed by atoms with Gasteiger partial charge in [0.05, 0.1) is 19.7 Å². The van der Waals surface area contributed by atoms with Gasteiger partial charge in [-0.2, -0.15) is 9.28 Å². The molecule has 28 heavy (non-hydrogen) atoms. The van der Waals surface area contributed by atoms with Gasteiger partial charge in [0, 0.05) is 0 Å². The van der Waals surface area contributed by atoms with E-state index in [0.717, 1.165) is 5.69 Å². The highest BCUT2D eigenvalue weighted by Gasteiger charge is 2.55. The van der Waals surface area contributed by atoms with Crippen molar-refractivity contribution in [1.82, 2.24) is 9.38 Å². The molecular weight excluding hydrogens is 360 g/mol. The van der Waals surface area contributed by atoms with E-state index in [1.54, 1.807) is 4.90 Å². The maximum atomic E-state index is 13.3. The molecule has 1 saturated heterocycles. The summed E-state index contributed by atoms with van der Waals surface area (Å²) < 4.78 is 11.0. The number of benzene rings is 1. The molecule has 1 fully saturated rings. The summed E-state index contributed by atoms with van der Waals surface area (Å²) in [4.78, 5) is 27.2. The Morgan fingerprint density at radius 3 is 2.04 bits per heavy atom. The van der Waals surface area contributed by atoms with E-state index in [1.165, 1.54) is 0 Å². The van der Waals surface area contributed by atoms with Crippen LogP contribution in [0.2, 0.25) is 0 Å². The first-order valence-corrected chi connectivity index (χ1v) is 9.65. The van der Waals surface area contributed by atoms with E-state index < -0.39 is 23.4 Å². The fourth-order valence-electron chi connectivity index (χ4n) is 3.27. The molecule has 7 nitrogen and oxygen atoms in total. The van der Waals surface area contributed by atoms with Gasteiger partial charge in [0.25, 0.3) is 0 Å². The van der Waals surface area contributed by atoms with Gasteiger partial charge in [-0.1, -0.05) is 18.2 Å². The molecule has 2 rings (SSSR count). The van der Waals surface area contributed by atoms with Crippen LogP contribution in [0.15, 0.2) is 30.3 Å². The standard InChI is InChI=1S/C21H33N2O5/c1-20(2,3)27-18(25)22-14-17(15-22)23(12-13-24,16-10-8-7-9-11-16)19(26)28-21(4,5)6/h7-11,17,24H,12-15H2,1-6H3/q+1. The van der Waals surface area contributed by atoms with Crippen molar-refractivity contribution in [2.75, 3.05) is 26.2 Å². The average molecular weight is 394 g/mol. The number of carbonyl (C=O) groups is 2. The quantitative estimate of drug-likeness (QED) is 0.792. The Hall–Kier alpha value is -2.12. The maximum absolute atomic E-state index is 13.3. The lowest BCUT2D eigenvalue weighted by Gasteiger charge is -2.49. The number of hydrogen-bond donors (Lipinski definition) is 1. The van der Waals surface area contributed by atoms with Crippen molar-refractivity contribution in [3.8, 4) is 0 Å². The average Bonchev–Trinajstić information content (AvgIpc) is 2.49. The Labute approximate surface area is 167 Å². The summed E-state index contributed by atoms with van der Waals surface area (Å²) in [6.07, 6.45) is -0.829. The lowest BCUT2D eigenvalue weighted by molar-refractivity contribution is -0.0292. The van der Waals surface area contributed by atoms with E-state index in [2.05, 4.69) is 0 Å². The zero-order chi connectivity index (χ0) is 21.2. The van der Waals surface area contributed by atoms with E-state index in [4.69, 9.17) is 9.47 Å². The Balaban J connectivity index is 2.32. The van der Waals surface area contributed by atoms with Crippen LogP contribution in [-0.4, -0.2) is 65.7 Å². The van der Waals surface area contributed by atoms with Gasteiger partial charge in [0.2, 0.25) is 0 Å². The number of aliphatic hydroxyl groups excluding tert-OH is 1. The van der Waals surface area contributed by atoms with E-state index in [9.17, 15) is 14.7 Å². The topological polar surface area (TPSA) is 76.1 Å². The second kappa shape index (κ2) is 8.09. The van der Waals surface area contributed by atoms with Gasteiger partial charge < -0.3 is 14.6 Å². The van der Waals surface area contributed by atoms with E-state index in [0.29, 0.717) is 13.1 Å². The molecule has 0 spiro atoms. The molecule has 7 heteroatoms. The molecule has 0 aromatic heterocycles. The molecule has 1 aliphatic heterocycles. The first kappa shape index (κ1) is 22.2. The van der Waals surface area contributed by atoms with E-state index in [-0.39, 0.29) is 23.7 Å². The van der Waals surface area contributed by atoms with Crippen molar-refractivity contribution in [3.63, 3.8) is 0 Å². The summed E-state index contributed by atoms with van der Waals surface area (Å²) in [6.45, 7) is 11.6. The molecule has 1 aliphatic rings. The summed E-state index contributed by atoms with van der Waals surface area (Å²) >= 11 is 0. The molecule has 1 N–H and O–H groups in total. The highest BCUT2D eigenvalue weighted by atomic mass is 16.6. The van der Waals surface area contributed by atoms with Crippen LogP contribution in [0.4, 0.5) is 15.3 Å². The first-order chi connectivity index (χ1) is 12.9. The Kier molecular flexibility index (Phi) is 6.41. The van der Waals surface area contributed by atoms with Crippen LogP contribution < -0.4 is 4.48 Å². The van der Waals surface area contributed by atoms with Crippen LogP contribution in [0.1, 0.15) is 41.5 Å². The van der Waals surface area contributed by atoms with Gasteiger partial charge in [0.15, 0.2) is 0 Å². The largest absolute Gasteiger partial charge is 0.522 e. The lowest BCUT2D eigenvalue weighted by atomic mass is 10.0. The monoisotopic (exact) mass is 393 g/mol. The molecule has 2 amide bonds. The molecule has 1 heterocycles. The predicted octanol–water partition coefficient (Wildman–Crippen LogP) is 3.54. The van der Waals surface area contributed by atoms with Crippen molar-refractivity contribution in [2.45, 2.75) is 58.8 Å². The highest BCUT2D eigenvalue weighted by Crippen LogP contribution is 2.34. The summed E-state index contributed by atoms with van der Waals surface area (Å²) in [5.74, 6) is 0. The zero-order valence-electron chi connectivity index (χ0n) is 17.8. The Morgan fingerprint density at radius 2 is 1.57 bits per heavy atom. The van der Waals surface area contributed by atoms with Crippen LogP contribution in [-0.2, 0) is 9.47 Å². The van der Waals surface area contributed by atoms with E-state index in [1.807, 2.05) is 71.9 Å². The number of aliphatic hydroxyl groups is 1.